The van der Waals surface area contributed by atoms with Gasteiger partial charge in [-0.2, -0.15) is 0 Å². The zero-order chi connectivity index (χ0) is 12.8. The second-order valence-corrected chi connectivity index (χ2v) is 4.10. The van der Waals surface area contributed by atoms with E-state index in [-0.39, 0.29) is 0 Å². The van der Waals surface area contributed by atoms with Crippen molar-refractivity contribution in [2.75, 3.05) is 12.3 Å². The second-order valence-electron chi connectivity index (χ2n) is 4.10. The van der Waals surface area contributed by atoms with Crippen LogP contribution in [0.25, 0.3) is 0 Å². The number of anilines is 1. The quantitative estimate of drug-likeness (QED) is 0.792. The Morgan fingerprint density at radius 2 is 1.83 bits per heavy atom. The molecule has 0 saturated heterocycles. The van der Waals surface area contributed by atoms with Gasteiger partial charge in [-0.25, -0.2) is 0 Å². The fourth-order valence-electron chi connectivity index (χ4n) is 1.66. The highest BCUT2D eigenvalue weighted by atomic mass is 16.5. The molecule has 0 aliphatic heterocycles. The lowest BCUT2D eigenvalue weighted by molar-refractivity contribution is 0.481. The van der Waals surface area contributed by atoms with Crippen LogP contribution in [0.5, 0.6) is 11.5 Å². The van der Waals surface area contributed by atoms with Crippen LogP contribution in [0.2, 0.25) is 0 Å². The molecule has 3 heteroatoms. The van der Waals surface area contributed by atoms with Crippen molar-refractivity contribution in [3.05, 3.63) is 54.1 Å². The first-order valence-electron chi connectivity index (χ1n) is 6.11. The minimum atomic E-state index is 0.739. The van der Waals surface area contributed by atoms with Gasteiger partial charge in [-0.05, 0) is 48.5 Å². The Morgan fingerprint density at radius 1 is 1.06 bits per heavy atom. The van der Waals surface area contributed by atoms with Gasteiger partial charge >= 0.3 is 0 Å². The molecule has 0 spiro atoms. The minimum Gasteiger partial charge on any atom is -0.457 e. The van der Waals surface area contributed by atoms with Crippen molar-refractivity contribution in [3.8, 4) is 11.5 Å². The highest BCUT2D eigenvalue weighted by Crippen LogP contribution is 2.23. The molecule has 0 saturated carbocycles. The molecule has 0 unspecified atom stereocenters. The molecule has 3 N–H and O–H groups in total. The number of rotatable bonds is 5. The molecule has 94 valence electrons. The molecule has 18 heavy (non-hydrogen) atoms. The second kappa shape index (κ2) is 6.07. The Bertz CT molecular complexity index is 494. The van der Waals surface area contributed by atoms with Crippen LogP contribution in [0.15, 0.2) is 48.5 Å². The van der Waals surface area contributed by atoms with Crippen molar-refractivity contribution in [3.63, 3.8) is 0 Å². The van der Waals surface area contributed by atoms with E-state index in [1.54, 1.807) is 0 Å². The van der Waals surface area contributed by atoms with Gasteiger partial charge in [0, 0.05) is 12.2 Å². The van der Waals surface area contributed by atoms with Crippen LogP contribution in [0.4, 0.5) is 5.69 Å². The molecule has 2 aromatic carbocycles. The number of ether oxygens (including phenoxy) is 1. The maximum Gasteiger partial charge on any atom is 0.127 e. The van der Waals surface area contributed by atoms with Crippen LogP contribution in [-0.4, -0.2) is 6.54 Å². The number of benzene rings is 2. The van der Waals surface area contributed by atoms with E-state index < -0.39 is 0 Å². The molecule has 0 fully saturated rings. The van der Waals surface area contributed by atoms with Gasteiger partial charge in [-0.3, -0.25) is 0 Å². The van der Waals surface area contributed by atoms with Crippen molar-refractivity contribution in [2.24, 2.45) is 0 Å². The smallest absolute Gasteiger partial charge is 0.127 e. The molecule has 2 aromatic rings. The van der Waals surface area contributed by atoms with E-state index in [9.17, 15) is 0 Å². The van der Waals surface area contributed by atoms with Crippen molar-refractivity contribution < 1.29 is 4.74 Å². The molecular weight excluding hydrogens is 224 g/mol. The van der Waals surface area contributed by atoms with Crippen LogP contribution < -0.4 is 15.8 Å². The largest absolute Gasteiger partial charge is 0.457 e. The molecule has 3 nitrogen and oxygen atoms in total. The third kappa shape index (κ3) is 3.50. The average Bonchev–Trinajstić information content (AvgIpc) is 2.40. The van der Waals surface area contributed by atoms with Crippen molar-refractivity contribution in [1.82, 2.24) is 5.32 Å². The summed E-state index contributed by atoms with van der Waals surface area (Å²) in [4.78, 5) is 0. The van der Waals surface area contributed by atoms with E-state index in [0.29, 0.717) is 0 Å². The lowest BCUT2D eigenvalue weighted by Crippen LogP contribution is -2.11. The van der Waals surface area contributed by atoms with E-state index in [0.717, 1.165) is 30.3 Å². The molecular formula is C15H18N2O. The molecule has 0 aliphatic carbocycles. The Morgan fingerprint density at radius 3 is 2.56 bits per heavy atom. The molecule has 0 amide bonds. The monoisotopic (exact) mass is 242 g/mol. The van der Waals surface area contributed by atoms with Crippen LogP contribution in [-0.2, 0) is 6.54 Å². The molecule has 0 atom stereocenters. The maximum absolute atomic E-state index is 5.77. The summed E-state index contributed by atoms with van der Waals surface area (Å²) in [6.07, 6.45) is 0. The van der Waals surface area contributed by atoms with Gasteiger partial charge in [0.25, 0.3) is 0 Å². The topological polar surface area (TPSA) is 47.3 Å². The normalized spacial score (nSPS) is 10.3. The summed E-state index contributed by atoms with van der Waals surface area (Å²) in [5, 5.41) is 3.29. The molecule has 0 heterocycles. The molecule has 0 bridgehead atoms. The Labute approximate surface area is 108 Å². The molecule has 0 aromatic heterocycles. The lowest BCUT2D eigenvalue weighted by atomic mass is 10.2. The van der Waals surface area contributed by atoms with E-state index in [4.69, 9.17) is 10.5 Å². The summed E-state index contributed by atoms with van der Waals surface area (Å²) in [7, 11) is 0. The fourth-order valence-corrected chi connectivity index (χ4v) is 1.66. The minimum absolute atomic E-state index is 0.739. The number of nitrogens with two attached hydrogens (primary N) is 1. The SMILES string of the molecule is CCNCc1cccc(Oc2ccc(N)cc2)c1. The van der Waals surface area contributed by atoms with Gasteiger partial charge in [0.2, 0.25) is 0 Å². The van der Waals surface area contributed by atoms with Gasteiger partial charge in [0.05, 0.1) is 0 Å². The Kier molecular flexibility index (Phi) is 4.20. The van der Waals surface area contributed by atoms with E-state index in [1.165, 1.54) is 5.56 Å². The summed E-state index contributed by atoms with van der Waals surface area (Å²) in [5.74, 6) is 1.64. The number of nitrogens with one attached hydrogen (secondary N) is 1. The first kappa shape index (κ1) is 12.5. The first-order valence-corrected chi connectivity index (χ1v) is 6.11. The van der Waals surface area contributed by atoms with E-state index >= 15 is 0 Å². The number of nitrogen functional groups attached to an aromatic ring is 1. The molecule has 0 radical (unpaired) electrons. The molecule has 2 rings (SSSR count). The molecule has 0 aliphatic rings. The van der Waals surface area contributed by atoms with Crippen LogP contribution in [0.1, 0.15) is 12.5 Å². The highest BCUT2D eigenvalue weighted by Gasteiger charge is 1.99. The summed E-state index contributed by atoms with van der Waals surface area (Å²) in [5.41, 5.74) is 7.59. The standard InChI is InChI=1S/C15H18N2O/c1-2-17-11-12-4-3-5-15(10-12)18-14-8-6-13(16)7-9-14/h3-10,17H,2,11,16H2,1H3. The van der Waals surface area contributed by atoms with Crippen molar-refractivity contribution in [1.29, 1.82) is 0 Å². The zero-order valence-electron chi connectivity index (χ0n) is 10.5. The summed E-state index contributed by atoms with van der Waals surface area (Å²) in [6.45, 7) is 3.91. The summed E-state index contributed by atoms with van der Waals surface area (Å²) < 4.78 is 5.77. The summed E-state index contributed by atoms with van der Waals surface area (Å²) in [6, 6.07) is 15.5. The maximum atomic E-state index is 5.77. The van der Waals surface area contributed by atoms with Crippen LogP contribution in [0.3, 0.4) is 0 Å². The Balaban J connectivity index is 2.06. The highest BCUT2D eigenvalue weighted by molar-refractivity contribution is 5.43. The van der Waals surface area contributed by atoms with Gasteiger partial charge in [-0.15, -0.1) is 0 Å². The van der Waals surface area contributed by atoms with Gasteiger partial charge < -0.3 is 15.8 Å². The van der Waals surface area contributed by atoms with E-state index in [1.807, 2.05) is 42.5 Å². The predicted molar refractivity (Wildman–Crippen MR) is 74.8 cm³/mol. The zero-order valence-corrected chi connectivity index (χ0v) is 10.5. The van der Waals surface area contributed by atoms with Crippen molar-refractivity contribution in [2.45, 2.75) is 13.5 Å². The Hall–Kier alpha value is -2.00. The fraction of sp³-hybridized carbons (Fsp3) is 0.200. The van der Waals surface area contributed by atoms with Crippen molar-refractivity contribution >= 4 is 5.69 Å². The van der Waals surface area contributed by atoms with Gasteiger partial charge in [0.15, 0.2) is 0 Å². The third-order valence-corrected chi connectivity index (χ3v) is 2.59. The lowest BCUT2D eigenvalue weighted by Gasteiger charge is -2.08. The first-order chi connectivity index (χ1) is 8.78. The van der Waals surface area contributed by atoms with Crippen LogP contribution >= 0.6 is 0 Å². The van der Waals surface area contributed by atoms with Gasteiger partial charge in [0.1, 0.15) is 11.5 Å². The number of hydrogen-bond donors (Lipinski definition) is 2. The summed E-state index contributed by atoms with van der Waals surface area (Å²) >= 11 is 0. The van der Waals surface area contributed by atoms with E-state index in [2.05, 4.69) is 18.3 Å². The number of hydrogen-bond acceptors (Lipinski definition) is 3. The van der Waals surface area contributed by atoms with Gasteiger partial charge in [-0.1, -0.05) is 19.1 Å². The van der Waals surface area contributed by atoms with Crippen LogP contribution in [0, 0.1) is 0 Å². The predicted octanol–water partition coefficient (Wildman–Crippen LogP) is 3.17. The average molecular weight is 242 g/mol. The third-order valence-electron chi connectivity index (χ3n) is 2.59.